The summed E-state index contributed by atoms with van der Waals surface area (Å²) in [7, 11) is -3.90. The van der Waals surface area contributed by atoms with Gasteiger partial charge in [-0.1, -0.05) is 29.5 Å². The Morgan fingerprint density at radius 1 is 0.878 bits per heavy atom. The van der Waals surface area contributed by atoms with E-state index in [1.165, 1.54) is 56.3 Å². The average molecular weight is 726 g/mol. The van der Waals surface area contributed by atoms with Crippen LogP contribution in [0.1, 0.15) is 32.7 Å². The second-order valence-electron chi connectivity index (χ2n) is 11.0. The summed E-state index contributed by atoms with van der Waals surface area (Å²) in [6.45, 7) is 5.24. The van der Waals surface area contributed by atoms with Crippen LogP contribution < -0.4 is 14.2 Å². The monoisotopic (exact) mass is 725 g/mol. The molecule has 15 heteroatoms. The molecule has 1 N–H and O–H groups in total. The van der Waals surface area contributed by atoms with E-state index < -0.39 is 38.0 Å². The standard InChI is InChI=1S/C34H35N3O9S3/c1-20-7-10-24(11-8-20)48(39,40)16-15-46-33(38)23-9-13-27(43-4)29(17-23)49(41,42)32-28(44-5)14-12-25-30(32)37-34(36-25)47-19-26-22(3)31(45-6)21(2)18-35-26/h7-14,17-18H,15-16,19H2,1-6H3,(H,36,37). The van der Waals surface area contributed by atoms with Crippen molar-refractivity contribution in [2.24, 2.45) is 0 Å². The molecule has 5 rings (SSSR count). The lowest BCUT2D eigenvalue weighted by Crippen LogP contribution is -2.16. The van der Waals surface area contributed by atoms with Gasteiger partial charge in [-0.2, -0.15) is 0 Å². The van der Waals surface area contributed by atoms with E-state index in [0.717, 1.165) is 34.2 Å². The molecule has 0 saturated heterocycles. The first-order valence-electron chi connectivity index (χ1n) is 14.9. The smallest absolute Gasteiger partial charge is 0.338 e. The van der Waals surface area contributed by atoms with Gasteiger partial charge < -0.3 is 23.9 Å². The Kier molecular flexibility index (Phi) is 10.6. The molecule has 258 valence electrons. The van der Waals surface area contributed by atoms with Crippen molar-refractivity contribution in [1.82, 2.24) is 15.0 Å². The minimum absolute atomic E-state index is 0.0300. The van der Waals surface area contributed by atoms with Gasteiger partial charge in [0.05, 0.1) is 48.8 Å². The van der Waals surface area contributed by atoms with Crippen molar-refractivity contribution in [3.8, 4) is 17.2 Å². The number of nitrogens with one attached hydrogen (secondary N) is 1. The molecule has 0 spiro atoms. The first kappa shape index (κ1) is 35.7. The van der Waals surface area contributed by atoms with Crippen LogP contribution in [0.2, 0.25) is 0 Å². The highest BCUT2D eigenvalue weighted by atomic mass is 32.2. The largest absolute Gasteiger partial charge is 0.496 e. The van der Waals surface area contributed by atoms with Crippen molar-refractivity contribution in [3.05, 3.63) is 88.7 Å². The molecule has 0 aliphatic heterocycles. The highest BCUT2D eigenvalue weighted by molar-refractivity contribution is 7.98. The van der Waals surface area contributed by atoms with Crippen molar-refractivity contribution in [2.75, 3.05) is 33.7 Å². The molecule has 2 aromatic heterocycles. The number of methoxy groups -OCH3 is 3. The number of ether oxygens (including phenoxy) is 4. The molecular weight excluding hydrogens is 691 g/mol. The van der Waals surface area contributed by atoms with Crippen molar-refractivity contribution in [1.29, 1.82) is 0 Å². The summed E-state index contributed by atoms with van der Waals surface area (Å²) in [5.41, 5.74) is 3.96. The number of nitrogens with zero attached hydrogens (tertiary/aromatic N) is 2. The lowest BCUT2D eigenvalue weighted by Gasteiger charge is -2.14. The molecule has 0 atom stereocenters. The topological polar surface area (TPSA) is 164 Å². The van der Waals surface area contributed by atoms with Crippen molar-refractivity contribution < 1.29 is 40.6 Å². The number of H-pyrrole nitrogens is 1. The summed E-state index contributed by atoms with van der Waals surface area (Å²) in [4.78, 5) is 24.9. The fourth-order valence-electron chi connectivity index (χ4n) is 5.17. The van der Waals surface area contributed by atoms with Gasteiger partial charge in [0.1, 0.15) is 39.2 Å². The fourth-order valence-corrected chi connectivity index (χ4v) is 8.90. The van der Waals surface area contributed by atoms with Gasteiger partial charge in [0.25, 0.3) is 0 Å². The van der Waals surface area contributed by atoms with Gasteiger partial charge in [-0.05, 0) is 63.2 Å². The van der Waals surface area contributed by atoms with Crippen molar-refractivity contribution >= 4 is 48.4 Å². The summed E-state index contributed by atoms with van der Waals surface area (Å²) in [6.07, 6.45) is 1.74. The van der Waals surface area contributed by atoms with Gasteiger partial charge in [0.15, 0.2) is 15.0 Å². The number of esters is 1. The molecule has 0 aliphatic carbocycles. The van der Waals surface area contributed by atoms with E-state index in [-0.39, 0.29) is 37.3 Å². The molecule has 2 heterocycles. The first-order chi connectivity index (χ1) is 23.3. The number of hydrogen-bond acceptors (Lipinski definition) is 12. The number of aromatic amines is 1. The quantitative estimate of drug-likeness (QED) is 0.117. The number of imidazole rings is 1. The van der Waals surface area contributed by atoms with E-state index in [1.807, 2.05) is 20.8 Å². The maximum Gasteiger partial charge on any atom is 0.338 e. The molecule has 0 aliphatic rings. The molecule has 0 amide bonds. The number of benzene rings is 3. The maximum atomic E-state index is 14.4. The number of pyridine rings is 1. The number of aryl methyl sites for hydroxylation is 2. The van der Waals surface area contributed by atoms with E-state index in [2.05, 4.69) is 15.0 Å². The van der Waals surface area contributed by atoms with Gasteiger partial charge >= 0.3 is 5.97 Å². The minimum Gasteiger partial charge on any atom is -0.496 e. The Morgan fingerprint density at radius 3 is 2.24 bits per heavy atom. The van der Waals surface area contributed by atoms with Crippen LogP contribution in [-0.4, -0.2) is 71.4 Å². The third-order valence-electron chi connectivity index (χ3n) is 7.79. The Hall–Kier alpha value is -4.60. The third-order valence-corrected chi connectivity index (χ3v) is 12.2. The summed E-state index contributed by atoms with van der Waals surface area (Å²) in [6, 6.07) is 13.3. The van der Waals surface area contributed by atoms with Crippen LogP contribution in [0.3, 0.4) is 0 Å². The SMILES string of the molecule is COc1ccc(C(=O)OCCS(=O)(=O)c2ccc(C)cc2)cc1S(=O)(=O)c1c(OC)ccc2[nH]c(SCc3ncc(C)c(OC)c3C)nc12. The van der Waals surface area contributed by atoms with E-state index >= 15 is 0 Å². The zero-order valence-electron chi connectivity index (χ0n) is 27.7. The van der Waals surface area contributed by atoms with Gasteiger partial charge in [0.2, 0.25) is 9.84 Å². The van der Waals surface area contributed by atoms with Gasteiger partial charge in [-0.3, -0.25) is 4.98 Å². The normalized spacial score (nSPS) is 11.8. The first-order valence-corrected chi connectivity index (χ1v) is 19.0. The molecule has 0 radical (unpaired) electrons. The van der Waals surface area contributed by atoms with Crippen LogP contribution in [-0.2, 0) is 30.2 Å². The summed E-state index contributed by atoms with van der Waals surface area (Å²) >= 11 is 1.34. The number of carbonyl (C=O) groups is 1. The lowest BCUT2D eigenvalue weighted by molar-refractivity contribution is 0.0529. The molecule has 0 bridgehead atoms. The second-order valence-corrected chi connectivity index (χ2v) is 15.9. The number of rotatable bonds is 13. The van der Waals surface area contributed by atoms with Crippen LogP contribution in [0.4, 0.5) is 0 Å². The van der Waals surface area contributed by atoms with Crippen LogP contribution in [0.15, 0.2) is 80.6 Å². The minimum atomic E-state index is -4.44. The predicted molar refractivity (Wildman–Crippen MR) is 184 cm³/mol. The Labute approximate surface area is 289 Å². The van der Waals surface area contributed by atoms with Crippen molar-refractivity contribution in [3.63, 3.8) is 0 Å². The fraction of sp³-hybridized carbons (Fsp3) is 0.265. The zero-order chi connectivity index (χ0) is 35.5. The van der Waals surface area contributed by atoms with Crippen LogP contribution in [0.25, 0.3) is 11.0 Å². The van der Waals surface area contributed by atoms with Crippen LogP contribution in [0.5, 0.6) is 17.2 Å². The van der Waals surface area contributed by atoms with Crippen molar-refractivity contribution in [2.45, 2.75) is 46.4 Å². The number of aromatic nitrogens is 3. The maximum absolute atomic E-state index is 14.4. The second kappa shape index (κ2) is 14.5. The molecule has 0 fully saturated rings. The Bertz CT molecular complexity index is 2250. The van der Waals surface area contributed by atoms with E-state index in [0.29, 0.717) is 16.4 Å². The highest BCUT2D eigenvalue weighted by Crippen LogP contribution is 2.40. The molecule has 12 nitrogen and oxygen atoms in total. The number of hydrogen-bond donors (Lipinski definition) is 1. The molecule has 3 aromatic carbocycles. The van der Waals surface area contributed by atoms with E-state index in [9.17, 15) is 21.6 Å². The zero-order valence-corrected chi connectivity index (χ0v) is 30.1. The molecule has 0 unspecified atom stereocenters. The van der Waals surface area contributed by atoms with Crippen LogP contribution in [0, 0.1) is 20.8 Å². The summed E-state index contributed by atoms with van der Waals surface area (Å²) in [5, 5.41) is 0.449. The predicted octanol–water partition coefficient (Wildman–Crippen LogP) is 5.66. The number of carbonyl (C=O) groups excluding carboxylic acids is 1. The Morgan fingerprint density at radius 2 is 1.57 bits per heavy atom. The average Bonchev–Trinajstić information content (AvgIpc) is 3.50. The van der Waals surface area contributed by atoms with Gasteiger partial charge in [-0.25, -0.2) is 26.6 Å². The number of thioether (sulfide) groups is 1. The summed E-state index contributed by atoms with van der Waals surface area (Å²) in [5.74, 6) is -0.162. The highest BCUT2D eigenvalue weighted by Gasteiger charge is 2.31. The van der Waals surface area contributed by atoms with Crippen LogP contribution >= 0.6 is 11.8 Å². The van der Waals surface area contributed by atoms with Gasteiger partial charge in [-0.15, -0.1) is 0 Å². The van der Waals surface area contributed by atoms with E-state index in [1.54, 1.807) is 31.5 Å². The molecular formula is C34H35N3O9S3. The third kappa shape index (κ3) is 7.38. The molecule has 5 aromatic rings. The molecule has 49 heavy (non-hydrogen) atoms. The number of sulfone groups is 2. The Balaban J connectivity index is 1.43. The summed E-state index contributed by atoms with van der Waals surface area (Å²) < 4.78 is 75.8. The van der Waals surface area contributed by atoms with Gasteiger partial charge in [0, 0.05) is 23.1 Å². The van der Waals surface area contributed by atoms with E-state index in [4.69, 9.17) is 18.9 Å². The number of fused-ring (bicyclic) bond motifs is 1. The lowest BCUT2D eigenvalue weighted by atomic mass is 10.1. The molecule has 0 saturated carbocycles.